The molecule has 8 atom stereocenters. The summed E-state index contributed by atoms with van der Waals surface area (Å²) in [6.45, 7) is 12.0. The number of rotatable bonds is 31. The van der Waals surface area contributed by atoms with E-state index in [1.54, 1.807) is 38.1 Å². The molecule has 444 valence electrons. The van der Waals surface area contributed by atoms with Crippen LogP contribution in [-0.4, -0.2) is 156 Å². The molecule has 6 rings (SSSR count). The van der Waals surface area contributed by atoms with Crippen LogP contribution in [0.1, 0.15) is 108 Å². The van der Waals surface area contributed by atoms with Gasteiger partial charge in [0.1, 0.15) is 47.9 Å². The number of nitrogens with zero attached hydrogens (tertiary/aromatic N) is 2. The maximum absolute atomic E-state index is 14.4. The second-order valence-corrected chi connectivity index (χ2v) is 21.2. The second kappa shape index (κ2) is 32.3. The summed E-state index contributed by atoms with van der Waals surface area (Å²) >= 11 is 0. The van der Waals surface area contributed by atoms with Crippen LogP contribution in [0.2, 0.25) is 0 Å². The highest BCUT2D eigenvalue weighted by molar-refractivity contribution is 5.99. The number of aromatic hydroxyl groups is 1. The van der Waals surface area contributed by atoms with E-state index in [1.165, 1.54) is 21.9 Å². The molecule has 2 aliphatic rings. The van der Waals surface area contributed by atoms with Crippen molar-refractivity contribution in [2.24, 2.45) is 11.7 Å². The summed E-state index contributed by atoms with van der Waals surface area (Å²) in [7, 11) is 0. The van der Waals surface area contributed by atoms with Crippen molar-refractivity contribution >= 4 is 41.4 Å². The minimum absolute atomic E-state index is 0.0129. The van der Waals surface area contributed by atoms with Crippen molar-refractivity contribution < 1.29 is 53.2 Å². The van der Waals surface area contributed by atoms with Crippen LogP contribution in [0.15, 0.2) is 97.1 Å². The summed E-state index contributed by atoms with van der Waals surface area (Å²) in [6.07, 6.45) is 2.83. The van der Waals surface area contributed by atoms with Crippen LogP contribution in [0.25, 0.3) is 22.3 Å². The number of hydrogen-bond acceptors (Lipinski definition) is 13. The molecule has 7 amide bonds. The highest BCUT2D eigenvalue weighted by Crippen LogP contribution is 2.28. The van der Waals surface area contributed by atoms with E-state index in [-0.39, 0.29) is 56.3 Å². The Morgan fingerprint density at radius 1 is 0.683 bits per heavy atom. The maximum Gasteiger partial charge on any atom is 0.251 e. The van der Waals surface area contributed by atoms with Crippen molar-refractivity contribution in [1.82, 2.24) is 41.7 Å². The SMILES string of the molecule is CCCCCOc1ccc(-c2ccc(-c3ccc(C(=O)NCC(=O)NC(CC)C(=O)N4CCCC4C(=O)NC(C(=O)NC(CC)C(=O)N4C[C@H](C)CC4C(=O)NC(CC)OCCNCCN)[C@H](O)Cc4ccc(O)cc4)cc3)cc2)cc1. The van der Waals surface area contributed by atoms with Crippen LogP contribution in [0.4, 0.5) is 0 Å². The van der Waals surface area contributed by atoms with Gasteiger partial charge in [-0.05, 0) is 115 Å². The van der Waals surface area contributed by atoms with Crippen molar-refractivity contribution in [3.05, 3.63) is 108 Å². The van der Waals surface area contributed by atoms with E-state index in [1.807, 2.05) is 74.5 Å². The minimum atomic E-state index is -1.62. The molecule has 10 N–H and O–H groups in total. The number of nitrogens with two attached hydrogens (primary N) is 1. The quantitative estimate of drug-likeness (QED) is 0.0248. The number of nitrogens with one attached hydrogen (secondary N) is 6. The summed E-state index contributed by atoms with van der Waals surface area (Å²) in [5, 5.41) is 38.4. The molecule has 0 saturated carbocycles. The summed E-state index contributed by atoms with van der Waals surface area (Å²) in [6, 6.07) is 23.4. The lowest BCUT2D eigenvalue weighted by Crippen LogP contribution is -2.61. The smallest absolute Gasteiger partial charge is 0.251 e. The normalized spacial score (nSPS) is 17.7. The number of phenols is 1. The fourth-order valence-corrected chi connectivity index (χ4v) is 10.2. The van der Waals surface area contributed by atoms with E-state index in [4.69, 9.17) is 15.2 Å². The molecule has 0 radical (unpaired) electrons. The van der Waals surface area contributed by atoms with Gasteiger partial charge in [-0.15, -0.1) is 0 Å². The third kappa shape index (κ3) is 18.3. The molecule has 0 aliphatic carbocycles. The van der Waals surface area contributed by atoms with Crippen LogP contribution in [0, 0.1) is 5.92 Å². The molecule has 6 unspecified atom stereocenters. The zero-order chi connectivity index (χ0) is 59.1. The second-order valence-electron chi connectivity index (χ2n) is 21.2. The number of ether oxygens (including phenoxy) is 2. The molecule has 0 spiro atoms. The van der Waals surface area contributed by atoms with E-state index in [2.05, 4.69) is 38.8 Å². The van der Waals surface area contributed by atoms with Crippen molar-refractivity contribution in [2.45, 2.75) is 141 Å². The summed E-state index contributed by atoms with van der Waals surface area (Å²) in [5.41, 5.74) is 10.4. The van der Waals surface area contributed by atoms with Crippen LogP contribution >= 0.6 is 0 Å². The van der Waals surface area contributed by atoms with Gasteiger partial charge in [-0.1, -0.05) is 108 Å². The number of phenolic OH excluding ortho intramolecular Hbond substituents is 1. The highest BCUT2D eigenvalue weighted by atomic mass is 16.5. The van der Waals surface area contributed by atoms with Crippen LogP contribution < -0.4 is 42.4 Å². The fraction of sp³-hybridized carbons (Fsp3) is 0.500. The van der Waals surface area contributed by atoms with E-state index in [9.17, 15) is 43.8 Å². The molecule has 4 aromatic carbocycles. The molecular weight excluding hydrogens is 1050 g/mol. The van der Waals surface area contributed by atoms with Gasteiger partial charge in [-0.3, -0.25) is 33.6 Å². The van der Waals surface area contributed by atoms with Crippen molar-refractivity contribution in [2.75, 3.05) is 52.5 Å². The van der Waals surface area contributed by atoms with Gasteiger partial charge in [0.2, 0.25) is 35.4 Å². The third-order valence-electron chi connectivity index (χ3n) is 14.9. The maximum atomic E-state index is 14.4. The monoisotopic (exact) mass is 1130 g/mol. The van der Waals surface area contributed by atoms with Crippen molar-refractivity contribution in [3.63, 3.8) is 0 Å². The number of likely N-dealkylation sites (tertiary alicyclic amines) is 2. The van der Waals surface area contributed by atoms with E-state index < -0.39 is 84.5 Å². The van der Waals surface area contributed by atoms with E-state index in [0.29, 0.717) is 63.2 Å². The molecule has 20 nitrogen and oxygen atoms in total. The molecule has 2 heterocycles. The highest BCUT2D eigenvalue weighted by Gasteiger charge is 2.43. The van der Waals surface area contributed by atoms with Crippen LogP contribution in [0.3, 0.4) is 0 Å². The predicted molar refractivity (Wildman–Crippen MR) is 313 cm³/mol. The Labute approximate surface area is 482 Å². The lowest BCUT2D eigenvalue weighted by atomic mass is 9.99. The van der Waals surface area contributed by atoms with Crippen molar-refractivity contribution in [1.29, 1.82) is 0 Å². The summed E-state index contributed by atoms with van der Waals surface area (Å²) < 4.78 is 11.7. The molecule has 0 bridgehead atoms. The Bertz CT molecular complexity index is 2710. The molecule has 4 aromatic rings. The number of unbranched alkanes of at least 4 members (excludes halogenated alkanes) is 2. The van der Waals surface area contributed by atoms with Crippen molar-refractivity contribution in [3.8, 4) is 33.8 Å². The minimum Gasteiger partial charge on any atom is -0.508 e. The van der Waals surface area contributed by atoms with E-state index >= 15 is 0 Å². The summed E-state index contributed by atoms with van der Waals surface area (Å²) in [5.74, 6) is -3.34. The first-order chi connectivity index (χ1) is 39.6. The molecule has 82 heavy (non-hydrogen) atoms. The number of carbonyl (C=O) groups excluding carboxylic acids is 7. The first kappa shape index (κ1) is 63.8. The first-order valence-corrected chi connectivity index (χ1v) is 29.1. The Morgan fingerprint density at radius 2 is 1.28 bits per heavy atom. The predicted octanol–water partition coefficient (Wildman–Crippen LogP) is 4.55. The molecule has 20 heteroatoms. The molecular formula is C62H85N9O11. The lowest BCUT2D eigenvalue weighted by Gasteiger charge is -2.32. The number of amides is 7. The van der Waals surface area contributed by atoms with Gasteiger partial charge in [-0.2, -0.15) is 0 Å². The van der Waals surface area contributed by atoms with Gasteiger partial charge >= 0.3 is 0 Å². The zero-order valence-corrected chi connectivity index (χ0v) is 48.1. The third-order valence-corrected chi connectivity index (χ3v) is 14.9. The average molecular weight is 1130 g/mol. The van der Waals surface area contributed by atoms with Gasteiger partial charge in [0.05, 0.1) is 25.9 Å². The number of benzene rings is 4. The lowest BCUT2D eigenvalue weighted by molar-refractivity contribution is -0.144. The Balaban J connectivity index is 1.04. The molecule has 2 saturated heterocycles. The average Bonchev–Trinajstić information content (AvgIpc) is 4.36. The van der Waals surface area contributed by atoms with Gasteiger partial charge in [0.15, 0.2) is 0 Å². The zero-order valence-electron chi connectivity index (χ0n) is 48.1. The van der Waals surface area contributed by atoms with Gasteiger partial charge in [0.25, 0.3) is 5.91 Å². The van der Waals surface area contributed by atoms with Crippen LogP contribution in [0.5, 0.6) is 11.5 Å². The number of carbonyl (C=O) groups is 7. The standard InChI is InChI=1S/C62H85N9O11/c1-6-10-11-34-81-48-28-24-45(25-29-48)43-18-16-42(17-19-43)44-20-22-46(23-21-44)57(75)65-38-54(74)66-49(7-2)61(79)70-33-12-13-51(70)58(76)69-56(53(73)37-41-14-26-47(72)27-15-41)60(78)67-50(8-3)62(80)71-39-40(5)36-52(71)59(77)68-55(9-4)82-35-32-64-31-30-63/h14-29,40,49-53,55-56,64,72-73H,6-13,30-39,63H2,1-5H3,(H,65,75)(H,66,74)(H,67,78)(H,68,77)(H,69,76)/t40-,49?,50?,51?,52?,53-,55?,56?/m1/s1. The Kier molecular flexibility index (Phi) is 25.1. The van der Waals surface area contributed by atoms with Gasteiger partial charge in [0, 0.05) is 44.7 Å². The van der Waals surface area contributed by atoms with Crippen LogP contribution in [-0.2, 0) is 39.9 Å². The Hall–Kier alpha value is -7.39. The number of aliphatic hydroxyl groups excluding tert-OH is 1. The number of hydrogen-bond donors (Lipinski definition) is 9. The summed E-state index contributed by atoms with van der Waals surface area (Å²) in [4.78, 5) is 100. The van der Waals surface area contributed by atoms with E-state index in [0.717, 1.165) is 47.3 Å². The first-order valence-electron chi connectivity index (χ1n) is 29.1. The topological polar surface area (TPSA) is 283 Å². The largest absolute Gasteiger partial charge is 0.508 e. The van der Waals surface area contributed by atoms with Gasteiger partial charge < -0.3 is 67.1 Å². The number of aliphatic hydroxyl groups is 1. The molecule has 0 aromatic heterocycles. The molecule has 2 aliphatic heterocycles. The Morgan fingerprint density at radius 3 is 1.89 bits per heavy atom. The fourth-order valence-electron chi connectivity index (χ4n) is 10.2. The molecule has 2 fully saturated rings. The van der Waals surface area contributed by atoms with Gasteiger partial charge in [-0.25, -0.2) is 0 Å².